The maximum absolute atomic E-state index is 11.7. The van der Waals surface area contributed by atoms with Gasteiger partial charge in [-0.15, -0.1) is 0 Å². The van der Waals surface area contributed by atoms with E-state index in [9.17, 15) is 9.90 Å². The van der Waals surface area contributed by atoms with Gasteiger partial charge in [-0.3, -0.25) is 4.98 Å². The number of nitrogens with one attached hydrogen (secondary N) is 2. The Hall–Kier alpha value is -2.38. The fraction of sp³-hybridized carbons (Fsp3) is 0.474. The summed E-state index contributed by atoms with van der Waals surface area (Å²) < 4.78 is 5.44. The first-order chi connectivity index (χ1) is 12.6. The number of quaternary nitrogens is 1. The zero-order valence-electron chi connectivity index (χ0n) is 15.4. The van der Waals surface area contributed by atoms with Gasteiger partial charge < -0.3 is 25.0 Å². The Morgan fingerprint density at radius 3 is 2.81 bits per heavy atom. The average molecular weight is 359 g/mol. The molecule has 7 heteroatoms. The minimum absolute atomic E-state index is 0.217. The number of carbonyl (C=O) groups is 1. The highest BCUT2D eigenvalue weighted by molar-refractivity contribution is 6.07. The minimum Gasteiger partial charge on any atom is -0.478 e. The van der Waals surface area contributed by atoms with Gasteiger partial charge in [-0.05, 0) is 6.07 Å². The Bertz CT molecular complexity index is 773. The third-order valence-electron chi connectivity index (χ3n) is 4.61. The Balaban J connectivity index is 1.96. The molecule has 3 N–H and O–H groups in total. The van der Waals surface area contributed by atoms with Crippen molar-refractivity contribution in [2.45, 2.75) is 6.42 Å². The van der Waals surface area contributed by atoms with Crippen molar-refractivity contribution in [1.29, 1.82) is 0 Å². The molecule has 3 rings (SSSR count). The second kappa shape index (κ2) is 8.33. The van der Waals surface area contributed by atoms with Crippen molar-refractivity contribution < 1.29 is 19.5 Å². The SMILES string of the molecule is C[NH+](C)CCCNc1c(C(=O)O)cnc2c(N3CCOCC3)cccc12. The molecule has 1 fully saturated rings. The molecule has 140 valence electrons. The molecule has 0 atom stereocenters. The van der Waals surface area contributed by atoms with Crippen molar-refractivity contribution in [3.8, 4) is 0 Å². The van der Waals surface area contributed by atoms with Crippen LogP contribution in [0.25, 0.3) is 10.9 Å². The number of morpholine rings is 1. The van der Waals surface area contributed by atoms with E-state index in [2.05, 4.69) is 29.3 Å². The van der Waals surface area contributed by atoms with Crippen LogP contribution in [0, 0.1) is 0 Å². The van der Waals surface area contributed by atoms with Gasteiger partial charge in [-0.1, -0.05) is 12.1 Å². The predicted molar refractivity (Wildman–Crippen MR) is 103 cm³/mol. The molecular weight excluding hydrogens is 332 g/mol. The lowest BCUT2D eigenvalue weighted by Crippen LogP contribution is -3.05. The van der Waals surface area contributed by atoms with Gasteiger partial charge in [0.25, 0.3) is 0 Å². The predicted octanol–water partition coefficient (Wildman–Crippen LogP) is 0.716. The molecule has 2 heterocycles. The molecule has 0 saturated carbocycles. The number of aromatic carboxylic acids is 1. The van der Waals surface area contributed by atoms with E-state index in [1.807, 2.05) is 18.2 Å². The molecule has 1 aliphatic rings. The number of para-hydroxylation sites is 1. The molecule has 2 aromatic rings. The summed E-state index contributed by atoms with van der Waals surface area (Å²) in [5.74, 6) is -0.961. The lowest BCUT2D eigenvalue weighted by atomic mass is 10.1. The third-order valence-corrected chi connectivity index (χ3v) is 4.61. The van der Waals surface area contributed by atoms with E-state index in [4.69, 9.17) is 4.74 Å². The van der Waals surface area contributed by atoms with Gasteiger partial charge in [0.15, 0.2) is 0 Å². The number of carboxylic acids is 1. The second-order valence-corrected chi connectivity index (χ2v) is 6.86. The first kappa shape index (κ1) is 18.4. The fourth-order valence-electron chi connectivity index (χ4n) is 3.27. The Morgan fingerprint density at radius 1 is 1.35 bits per heavy atom. The summed E-state index contributed by atoms with van der Waals surface area (Å²) in [6, 6.07) is 5.95. The van der Waals surface area contributed by atoms with Crippen LogP contribution in [0.15, 0.2) is 24.4 Å². The number of ether oxygens (including phenoxy) is 1. The summed E-state index contributed by atoms with van der Waals surface area (Å²) >= 11 is 0. The molecule has 0 unspecified atom stereocenters. The number of hydrogen-bond donors (Lipinski definition) is 3. The van der Waals surface area contributed by atoms with Crippen molar-refractivity contribution in [2.75, 3.05) is 63.7 Å². The van der Waals surface area contributed by atoms with Crippen LogP contribution in [0.4, 0.5) is 11.4 Å². The highest BCUT2D eigenvalue weighted by atomic mass is 16.5. The second-order valence-electron chi connectivity index (χ2n) is 6.86. The molecule has 0 aliphatic carbocycles. The molecule has 1 aromatic carbocycles. The monoisotopic (exact) mass is 359 g/mol. The lowest BCUT2D eigenvalue weighted by molar-refractivity contribution is -0.858. The van der Waals surface area contributed by atoms with Crippen LogP contribution in [-0.4, -0.2) is 69.5 Å². The number of nitrogens with zero attached hydrogens (tertiary/aromatic N) is 2. The number of anilines is 2. The summed E-state index contributed by atoms with van der Waals surface area (Å²) in [6.45, 7) is 4.78. The lowest BCUT2D eigenvalue weighted by Gasteiger charge is -2.29. The number of benzene rings is 1. The topological polar surface area (TPSA) is 79.1 Å². The van der Waals surface area contributed by atoms with Crippen LogP contribution in [0.2, 0.25) is 0 Å². The Morgan fingerprint density at radius 2 is 2.12 bits per heavy atom. The molecule has 0 bridgehead atoms. The van der Waals surface area contributed by atoms with Crippen LogP contribution >= 0.6 is 0 Å². The van der Waals surface area contributed by atoms with E-state index in [0.29, 0.717) is 18.9 Å². The van der Waals surface area contributed by atoms with E-state index < -0.39 is 5.97 Å². The number of pyridine rings is 1. The molecule has 0 radical (unpaired) electrons. The van der Waals surface area contributed by atoms with E-state index >= 15 is 0 Å². The molecule has 0 spiro atoms. The summed E-state index contributed by atoms with van der Waals surface area (Å²) in [5, 5.41) is 13.8. The van der Waals surface area contributed by atoms with Crippen LogP contribution in [0.1, 0.15) is 16.8 Å². The van der Waals surface area contributed by atoms with Crippen LogP contribution in [0.3, 0.4) is 0 Å². The van der Waals surface area contributed by atoms with E-state index in [1.54, 1.807) is 0 Å². The smallest absolute Gasteiger partial charge is 0.339 e. The highest BCUT2D eigenvalue weighted by Crippen LogP contribution is 2.32. The number of rotatable bonds is 7. The van der Waals surface area contributed by atoms with Gasteiger partial charge in [0.2, 0.25) is 0 Å². The highest BCUT2D eigenvalue weighted by Gasteiger charge is 2.19. The number of hydrogen-bond acceptors (Lipinski definition) is 5. The molecular formula is C19H27N4O3+. The van der Waals surface area contributed by atoms with Gasteiger partial charge in [0, 0.05) is 37.6 Å². The zero-order chi connectivity index (χ0) is 18.5. The van der Waals surface area contributed by atoms with Gasteiger partial charge in [0.1, 0.15) is 5.56 Å². The summed E-state index contributed by atoms with van der Waals surface area (Å²) in [7, 11) is 4.22. The Labute approximate surface area is 153 Å². The maximum atomic E-state index is 11.7. The molecule has 1 aromatic heterocycles. The van der Waals surface area contributed by atoms with E-state index in [1.165, 1.54) is 11.1 Å². The normalized spacial score (nSPS) is 14.8. The number of aromatic nitrogens is 1. The van der Waals surface area contributed by atoms with Gasteiger partial charge >= 0.3 is 5.97 Å². The maximum Gasteiger partial charge on any atom is 0.339 e. The van der Waals surface area contributed by atoms with Crippen LogP contribution in [-0.2, 0) is 4.74 Å². The van der Waals surface area contributed by atoms with Crippen molar-refractivity contribution in [3.63, 3.8) is 0 Å². The van der Waals surface area contributed by atoms with Crippen LogP contribution in [0.5, 0.6) is 0 Å². The third kappa shape index (κ3) is 4.05. The van der Waals surface area contributed by atoms with Crippen molar-refractivity contribution in [2.24, 2.45) is 0 Å². The quantitative estimate of drug-likeness (QED) is 0.632. The minimum atomic E-state index is -0.961. The number of carboxylic acid groups (broad SMARTS) is 1. The fourth-order valence-corrected chi connectivity index (χ4v) is 3.27. The first-order valence-corrected chi connectivity index (χ1v) is 9.08. The zero-order valence-corrected chi connectivity index (χ0v) is 15.4. The molecule has 0 amide bonds. The van der Waals surface area contributed by atoms with Crippen molar-refractivity contribution in [1.82, 2.24) is 4.98 Å². The molecule has 7 nitrogen and oxygen atoms in total. The molecule has 1 saturated heterocycles. The Kier molecular flexibility index (Phi) is 5.90. The van der Waals surface area contributed by atoms with Gasteiger partial charge in [0.05, 0.1) is 50.7 Å². The summed E-state index contributed by atoms with van der Waals surface area (Å²) in [6.07, 6.45) is 2.43. The van der Waals surface area contributed by atoms with E-state index in [-0.39, 0.29) is 5.56 Å². The van der Waals surface area contributed by atoms with Gasteiger partial charge in [-0.25, -0.2) is 4.79 Å². The largest absolute Gasteiger partial charge is 0.478 e. The van der Waals surface area contributed by atoms with Crippen LogP contribution < -0.4 is 15.1 Å². The first-order valence-electron chi connectivity index (χ1n) is 9.08. The average Bonchev–Trinajstić information content (AvgIpc) is 2.64. The molecule has 26 heavy (non-hydrogen) atoms. The number of fused-ring (bicyclic) bond motifs is 1. The molecule has 1 aliphatic heterocycles. The van der Waals surface area contributed by atoms with E-state index in [0.717, 1.165) is 49.2 Å². The standard InChI is InChI=1S/C19H26N4O3/c1-22(2)8-4-7-20-17-14-5-3-6-16(23-9-11-26-12-10-23)18(14)21-13-15(17)19(24)25/h3,5-6,13H,4,7-12H2,1-2H3,(H,20,21)(H,24,25)/p+1. The van der Waals surface area contributed by atoms with Crippen molar-refractivity contribution >= 4 is 28.2 Å². The van der Waals surface area contributed by atoms with Crippen molar-refractivity contribution in [3.05, 3.63) is 30.0 Å². The van der Waals surface area contributed by atoms with Gasteiger partial charge in [-0.2, -0.15) is 0 Å². The summed E-state index contributed by atoms with van der Waals surface area (Å²) in [4.78, 5) is 19.8. The summed E-state index contributed by atoms with van der Waals surface area (Å²) in [5.41, 5.74) is 2.74.